The van der Waals surface area contributed by atoms with E-state index >= 15 is 0 Å². The number of β-amino-alcohol motifs (C(OH)–C–C–N with tert-alkyl or cyclic N) is 1. The van der Waals surface area contributed by atoms with Gasteiger partial charge in [0.15, 0.2) is 0 Å². The molecule has 0 aliphatic carbocycles. The maximum atomic E-state index is 12.5. The highest BCUT2D eigenvalue weighted by Crippen LogP contribution is 2.18. The second kappa shape index (κ2) is 6.78. The van der Waals surface area contributed by atoms with Crippen molar-refractivity contribution in [2.24, 2.45) is 0 Å². The molecule has 0 bridgehead atoms. The Hall–Kier alpha value is -2.50. The van der Waals surface area contributed by atoms with E-state index in [1.54, 1.807) is 12.3 Å². The molecule has 2 aromatic carbocycles. The van der Waals surface area contributed by atoms with Crippen molar-refractivity contribution in [3.05, 3.63) is 76.2 Å². The van der Waals surface area contributed by atoms with Crippen LogP contribution in [0.5, 0.6) is 0 Å². The van der Waals surface area contributed by atoms with Gasteiger partial charge in [0.25, 0.3) is 5.56 Å². The van der Waals surface area contributed by atoms with Crippen molar-refractivity contribution in [2.75, 3.05) is 13.1 Å². The van der Waals surface area contributed by atoms with Gasteiger partial charge >= 0.3 is 0 Å². The number of hydrogen-bond acceptors (Lipinski definition) is 4. The largest absolute Gasteiger partial charge is 0.390 e. The fraction of sp³-hybridized carbons (Fsp3) is 0.300. The van der Waals surface area contributed by atoms with Crippen LogP contribution in [0.1, 0.15) is 11.1 Å². The Morgan fingerprint density at radius 3 is 2.68 bits per heavy atom. The molecule has 1 aromatic heterocycles. The lowest BCUT2D eigenvalue weighted by Crippen LogP contribution is -2.40. The van der Waals surface area contributed by atoms with Gasteiger partial charge in [-0.15, -0.1) is 0 Å². The maximum Gasteiger partial charge on any atom is 0.274 e. The minimum Gasteiger partial charge on any atom is -0.390 e. The summed E-state index contributed by atoms with van der Waals surface area (Å²) in [5, 5.41) is 16.1. The van der Waals surface area contributed by atoms with E-state index in [-0.39, 0.29) is 12.1 Å². The number of fused-ring (bicyclic) bond motifs is 2. The van der Waals surface area contributed by atoms with E-state index in [2.05, 4.69) is 34.3 Å². The predicted octanol–water partition coefficient (Wildman–Crippen LogP) is 1.82. The van der Waals surface area contributed by atoms with Gasteiger partial charge in [-0.1, -0.05) is 42.5 Å². The third-order valence-electron chi connectivity index (χ3n) is 4.82. The van der Waals surface area contributed by atoms with E-state index in [9.17, 15) is 9.90 Å². The Balaban J connectivity index is 1.45. The highest BCUT2D eigenvalue weighted by molar-refractivity contribution is 5.80. The molecule has 2 heterocycles. The van der Waals surface area contributed by atoms with Gasteiger partial charge in [0.05, 0.1) is 24.2 Å². The van der Waals surface area contributed by atoms with Crippen molar-refractivity contribution in [3.63, 3.8) is 0 Å². The van der Waals surface area contributed by atoms with Gasteiger partial charge in [0.1, 0.15) is 0 Å². The molecule has 0 radical (unpaired) electrons. The van der Waals surface area contributed by atoms with Crippen molar-refractivity contribution >= 4 is 10.8 Å². The van der Waals surface area contributed by atoms with E-state index in [0.717, 1.165) is 24.9 Å². The highest BCUT2D eigenvalue weighted by atomic mass is 16.3. The smallest absolute Gasteiger partial charge is 0.274 e. The lowest BCUT2D eigenvalue weighted by molar-refractivity contribution is 0.0878. The van der Waals surface area contributed by atoms with Gasteiger partial charge in [0.2, 0.25) is 0 Å². The first-order chi connectivity index (χ1) is 12.2. The molecule has 0 saturated carbocycles. The zero-order valence-corrected chi connectivity index (χ0v) is 14.0. The molecule has 3 aromatic rings. The Morgan fingerprint density at radius 2 is 1.80 bits per heavy atom. The molecule has 128 valence electrons. The van der Waals surface area contributed by atoms with Crippen molar-refractivity contribution in [3.8, 4) is 0 Å². The first kappa shape index (κ1) is 16.0. The van der Waals surface area contributed by atoms with Crippen LogP contribution in [0.15, 0.2) is 59.5 Å². The van der Waals surface area contributed by atoms with Crippen LogP contribution in [0, 0.1) is 0 Å². The number of aliphatic hydroxyl groups is 1. The molecule has 1 aliphatic heterocycles. The number of aliphatic hydroxyl groups excluding tert-OH is 1. The van der Waals surface area contributed by atoms with E-state index < -0.39 is 6.10 Å². The summed E-state index contributed by atoms with van der Waals surface area (Å²) >= 11 is 0. The number of rotatable bonds is 4. The monoisotopic (exact) mass is 335 g/mol. The van der Waals surface area contributed by atoms with E-state index in [4.69, 9.17) is 0 Å². The summed E-state index contributed by atoms with van der Waals surface area (Å²) in [5.41, 5.74) is 2.56. The molecular weight excluding hydrogens is 314 g/mol. The van der Waals surface area contributed by atoms with Crippen LogP contribution in [0.25, 0.3) is 10.8 Å². The molecule has 25 heavy (non-hydrogen) atoms. The van der Waals surface area contributed by atoms with E-state index in [1.165, 1.54) is 15.8 Å². The Bertz CT molecular complexity index is 951. The number of benzene rings is 2. The van der Waals surface area contributed by atoms with Crippen molar-refractivity contribution < 1.29 is 5.11 Å². The zero-order chi connectivity index (χ0) is 17.2. The quantitative estimate of drug-likeness (QED) is 0.790. The third-order valence-corrected chi connectivity index (χ3v) is 4.82. The van der Waals surface area contributed by atoms with Gasteiger partial charge < -0.3 is 5.11 Å². The molecule has 1 aliphatic rings. The van der Waals surface area contributed by atoms with Gasteiger partial charge in [-0.05, 0) is 23.6 Å². The molecule has 1 atom stereocenters. The van der Waals surface area contributed by atoms with Gasteiger partial charge in [-0.25, -0.2) is 4.68 Å². The van der Waals surface area contributed by atoms with Gasteiger partial charge in [-0.2, -0.15) is 5.10 Å². The molecule has 0 spiro atoms. The van der Waals surface area contributed by atoms with Crippen LogP contribution in [0.2, 0.25) is 0 Å². The van der Waals surface area contributed by atoms with Gasteiger partial charge in [-0.3, -0.25) is 9.69 Å². The minimum absolute atomic E-state index is 0.152. The molecule has 5 heteroatoms. The van der Waals surface area contributed by atoms with Crippen LogP contribution in [0.3, 0.4) is 0 Å². The summed E-state index contributed by atoms with van der Waals surface area (Å²) in [6.07, 6.45) is 2.05. The normalized spacial score (nSPS) is 15.9. The maximum absolute atomic E-state index is 12.5. The summed E-state index contributed by atoms with van der Waals surface area (Å²) in [6, 6.07) is 15.8. The molecule has 0 fully saturated rings. The van der Waals surface area contributed by atoms with Crippen molar-refractivity contribution in [2.45, 2.75) is 25.6 Å². The fourth-order valence-corrected chi connectivity index (χ4v) is 3.52. The second-order valence-corrected chi connectivity index (χ2v) is 6.63. The van der Waals surface area contributed by atoms with Crippen LogP contribution in [-0.4, -0.2) is 39.0 Å². The second-order valence-electron chi connectivity index (χ2n) is 6.63. The topological polar surface area (TPSA) is 58.4 Å². The minimum atomic E-state index is -0.628. The molecule has 4 rings (SSSR count). The molecule has 0 saturated heterocycles. The third kappa shape index (κ3) is 3.34. The van der Waals surface area contributed by atoms with E-state index in [1.807, 2.05) is 18.2 Å². The summed E-state index contributed by atoms with van der Waals surface area (Å²) in [4.78, 5) is 14.7. The molecular formula is C20H21N3O2. The van der Waals surface area contributed by atoms with Crippen molar-refractivity contribution in [1.29, 1.82) is 0 Å². The number of aromatic nitrogens is 2. The Morgan fingerprint density at radius 1 is 1.04 bits per heavy atom. The predicted molar refractivity (Wildman–Crippen MR) is 97.4 cm³/mol. The summed E-state index contributed by atoms with van der Waals surface area (Å²) in [6.45, 7) is 2.51. The fourth-order valence-electron chi connectivity index (χ4n) is 3.52. The molecule has 5 nitrogen and oxygen atoms in total. The van der Waals surface area contributed by atoms with E-state index in [0.29, 0.717) is 11.9 Å². The molecule has 0 unspecified atom stereocenters. The van der Waals surface area contributed by atoms with Crippen LogP contribution >= 0.6 is 0 Å². The first-order valence-electron chi connectivity index (χ1n) is 8.63. The molecule has 0 amide bonds. The average Bonchev–Trinajstić information content (AvgIpc) is 2.64. The van der Waals surface area contributed by atoms with Crippen LogP contribution < -0.4 is 5.56 Å². The van der Waals surface area contributed by atoms with Gasteiger partial charge in [0, 0.05) is 25.0 Å². The lowest BCUT2D eigenvalue weighted by atomic mass is 10.00. The lowest BCUT2D eigenvalue weighted by Gasteiger charge is -2.30. The Labute approximate surface area is 146 Å². The summed E-state index contributed by atoms with van der Waals surface area (Å²) in [5.74, 6) is 0. The number of nitrogens with zero attached hydrogens (tertiary/aromatic N) is 3. The summed E-state index contributed by atoms with van der Waals surface area (Å²) < 4.78 is 1.37. The molecule has 1 N–H and O–H groups in total. The average molecular weight is 335 g/mol. The van der Waals surface area contributed by atoms with Crippen LogP contribution in [-0.2, 0) is 19.5 Å². The van der Waals surface area contributed by atoms with Crippen molar-refractivity contribution in [1.82, 2.24) is 14.7 Å². The van der Waals surface area contributed by atoms with Crippen LogP contribution in [0.4, 0.5) is 0 Å². The zero-order valence-electron chi connectivity index (χ0n) is 14.0. The highest BCUT2D eigenvalue weighted by Gasteiger charge is 2.19. The summed E-state index contributed by atoms with van der Waals surface area (Å²) in [7, 11) is 0. The first-order valence-corrected chi connectivity index (χ1v) is 8.63. The Kier molecular flexibility index (Phi) is 4.34. The SMILES string of the molecule is O=c1c2ccccc2cnn1C[C@H](O)CN1CCc2ccccc2C1. The standard InChI is InChI=1S/C20H21N3O2/c24-18(13-22-10-9-15-5-1-2-7-17(15)12-22)14-23-20(25)19-8-4-3-6-16(19)11-21-23/h1-8,11,18,24H,9-10,12-14H2/t18-/m1/s1. The number of hydrogen-bond donors (Lipinski definition) is 1.